The summed E-state index contributed by atoms with van der Waals surface area (Å²) in [6, 6.07) is 3.87. The number of amides is 2. The van der Waals surface area contributed by atoms with Crippen LogP contribution in [0.2, 0.25) is 5.02 Å². The molecule has 4 fully saturated rings. The molecule has 3 N–H and O–H groups in total. The Labute approximate surface area is 211 Å². The van der Waals surface area contributed by atoms with Gasteiger partial charge in [0.05, 0.1) is 28.9 Å². The average molecular weight is 535 g/mol. The second-order valence-corrected chi connectivity index (χ2v) is 10.5. The van der Waals surface area contributed by atoms with Crippen molar-refractivity contribution in [2.24, 2.45) is 0 Å². The average Bonchev–Trinajstić information content (AvgIpc) is 2.76. The van der Waals surface area contributed by atoms with E-state index in [9.17, 15) is 27.9 Å². The summed E-state index contributed by atoms with van der Waals surface area (Å²) in [6.45, 7) is 0.133. The zero-order valence-corrected chi connectivity index (χ0v) is 20.6. The van der Waals surface area contributed by atoms with Crippen molar-refractivity contribution in [1.82, 2.24) is 10.6 Å². The minimum atomic E-state index is -3.19. The molecule has 4 aliphatic rings. The summed E-state index contributed by atoms with van der Waals surface area (Å²) in [5.41, 5.74) is -1.42. The molecule has 2 bridgehead atoms. The van der Waals surface area contributed by atoms with Gasteiger partial charge in [-0.05, 0) is 44.2 Å². The molecular weight excluding hydrogens is 505 g/mol. The first-order valence-corrected chi connectivity index (χ1v) is 12.3. The van der Waals surface area contributed by atoms with Gasteiger partial charge in [0.15, 0.2) is 6.61 Å². The number of hydrogen-bond acceptors (Lipinski definition) is 6. The van der Waals surface area contributed by atoms with E-state index in [0.717, 1.165) is 6.07 Å². The van der Waals surface area contributed by atoms with Crippen molar-refractivity contribution in [1.29, 1.82) is 0 Å². The molecule has 12 heteroatoms. The summed E-state index contributed by atoms with van der Waals surface area (Å²) in [5.74, 6) is -1.28. The maximum absolute atomic E-state index is 13.5. The van der Waals surface area contributed by atoms with Crippen LogP contribution < -0.4 is 15.4 Å². The first-order valence-electron chi connectivity index (χ1n) is 11.9. The van der Waals surface area contributed by atoms with Gasteiger partial charge < -0.3 is 30.0 Å². The minimum Gasteiger partial charge on any atom is -0.484 e. The molecule has 5 rings (SSSR count). The van der Waals surface area contributed by atoms with Crippen LogP contribution in [0.3, 0.4) is 0 Å². The number of fused-ring (bicyclic) bond motifs is 3. The molecule has 1 aromatic carbocycles. The van der Waals surface area contributed by atoms with E-state index in [1.165, 1.54) is 12.1 Å². The Balaban J connectivity index is 1.20. The van der Waals surface area contributed by atoms with Gasteiger partial charge >= 0.3 is 6.11 Å². The number of carbonyl (C=O) groups excluding carboxylic acids is 2. The van der Waals surface area contributed by atoms with Gasteiger partial charge in [-0.15, -0.1) is 0 Å². The molecule has 200 valence electrons. The van der Waals surface area contributed by atoms with E-state index in [0.29, 0.717) is 45.4 Å². The highest BCUT2D eigenvalue weighted by Crippen LogP contribution is 2.47. The molecule has 0 spiro atoms. The van der Waals surface area contributed by atoms with Gasteiger partial charge in [0, 0.05) is 31.4 Å². The first kappa shape index (κ1) is 27.0. The highest BCUT2D eigenvalue weighted by Gasteiger charge is 2.55. The molecule has 0 saturated heterocycles. The Morgan fingerprint density at radius 1 is 1.11 bits per heavy atom. The van der Waals surface area contributed by atoms with Crippen LogP contribution >= 0.6 is 11.6 Å². The van der Waals surface area contributed by atoms with Crippen molar-refractivity contribution < 1.29 is 42.1 Å². The molecule has 2 amide bonds. The minimum absolute atomic E-state index is 0.0500. The molecule has 36 heavy (non-hydrogen) atoms. The molecule has 0 unspecified atom stereocenters. The van der Waals surface area contributed by atoms with Gasteiger partial charge in [-0.2, -0.15) is 8.78 Å². The summed E-state index contributed by atoms with van der Waals surface area (Å²) in [4.78, 5) is 25.0. The Hall–Kier alpha value is -2.08. The third-order valence-electron chi connectivity index (χ3n) is 7.25. The van der Waals surface area contributed by atoms with Crippen LogP contribution in [0.1, 0.15) is 51.9 Å². The third kappa shape index (κ3) is 6.42. The molecule has 0 aromatic heterocycles. The summed E-state index contributed by atoms with van der Waals surface area (Å²) in [7, 11) is 0. The lowest BCUT2D eigenvalue weighted by Gasteiger charge is -2.56. The van der Waals surface area contributed by atoms with Crippen molar-refractivity contribution in [3.8, 4) is 5.75 Å². The van der Waals surface area contributed by atoms with Gasteiger partial charge in [0.2, 0.25) is 5.91 Å². The monoisotopic (exact) mass is 534 g/mol. The number of alkyl halides is 2. The molecule has 0 heterocycles. The number of rotatable bonds is 10. The summed E-state index contributed by atoms with van der Waals surface area (Å²) in [6.07, 6.45) is -2.03. The fourth-order valence-corrected chi connectivity index (χ4v) is 5.38. The van der Waals surface area contributed by atoms with E-state index < -0.39 is 41.1 Å². The van der Waals surface area contributed by atoms with Gasteiger partial charge in [-0.3, -0.25) is 9.59 Å². The number of aliphatic hydroxyl groups excluding tert-OH is 1. The van der Waals surface area contributed by atoms with Crippen LogP contribution in [-0.4, -0.2) is 65.6 Å². The molecule has 1 atom stereocenters. The number of hydrogen-bond donors (Lipinski definition) is 3. The molecule has 4 saturated carbocycles. The smallest absolute Gasteiger partial charge is 0.353 e. The molecule has 0 aliphatic heterocycles. The van der Waals surface area contributed by atoms with Crippen LogP contribution in [0, 0.1) is 5.82 Å². The molecule has 4 aliphatic carbocycles. The number of aliphatic hydroxyl groups is 1. The fraction of sp³-hybridized carbons (Fsp3) is 0.667. The highest BCUT2D eigenvalue weighted by molar-refractivity contribution is 6.30. The Morgan fingerprint density at radius 2 is 1.78 bits per heavy atom. The molecule has 0 radical (unpaired) electrons. The normalized spacial score (nSPS) is 31.4. The largest absolute Gasteiger partial charge is 0.484 e. The third-order valence-corrected chi connectivity index (χ3v) is 7.56. The number of nitrogens with one attached hydrogen (secondary N) is 2. The van der Waals surface area contributed by atoms with Gasteiger partial charge in [-0.25, -0.2) is 4.39 Å². The predicted octanol–water partition coefficient (Wildman–Crippen LogP) is 3.08. The molecular formula is C24H30ClF3N2O6. The van der Waals surface area contributed by atoms with Gasteiger partial charge in [0.25, 0.3) is 5.91 Å². The maximum atomic E-state index is 13.5. The number of carbonyl (C=O) groups is 2. The Morgan fingerprint density at radius 3 is 2.39 bits per heavy atom. The summed E-state index contributed by atoms with van der Waals surface area (Å²) in [5, 5.41) is 16.6. The zero-order chi connectivity index (χ0) is 26.1. The van der Waals surface area contributed by atoms with Crippen molar-refractivity contribution in [2.45, 2.75) is 87.4 Å². The van der Waals surface area contributed by atoms with E-state index in [1.807, 2.05) is 0 Å². The quantitative estimate of drug-likeness (QED) is 0.426. The van der Waals surface area contributed by atoms with Crippen molar-refractivity contribution >= 4 is 23.4 Å². The molecule has 8 nitrogen and oxygen atoms in total. The Kier molecular flexibility index (Phi) is 7.76. The van der Waals surface area contributed by atoms with Gasteiger partial charge in [-0.1, -0.05) is 11.6 Å². The second-order valence-electron chi connectivity index (χ2n) is 10.1. The Bertz CT molecular complexity index is 977. The zero-order valence-electron chi connectivity index (χ0n) is 19.8. The summed E-state index contributed by atoms with van der Waals surface area (Å²) >= 11 is 5.64. The lowest BCUT2D eigenvalue weighted by atomic mass is 9.60. The molecule has 1 aromatic rings. The number of benzene rings is 1. The van der Waals surface area contributed by atoms with Gasteiger partial charge in [0.1, 0.15) is 18.2 Å². The fourth-order valence-electron chi connectivity index (χ4n) is 5.26. The number of halogens is 4. The lowest BCUT2D eigenvalue weighted by Crippen LogP contribution is -2.70. The van der Waals surface area contributed by atoms with Crippen LogP contribution in [0.5, 0.6) is 5.75 Å². The SMILES string of the molecule is CC(F)(F)OC1CC(OCC(=O)NC23CCC(NC(=O)COc4ccc(Cl)c(F)c4)(CC2)[C@@H](O)C3)C1. The topological polar surface area (TPSA) is 106 Å². The second kappa shape index (κ2) is 10.4. The highest BCUT2D eigenvalue weighted by atomic mass is 35.5. The summed E-state index contributed by atoms with van der Waals surface area (Å²) < 4.78 is 54.6. The van der Waals surface area contributed by atoms with Crippen LogP contribution in [0.15, 0.2) is 18.2 Å². The van der Waals surface area contributed by atoms with E-state index in [1.54, 1.807) is 0 Å². The van der Waals surface area contributed by atoms with E-state index in [-0.39, 0.29) is 42.4 Å². The van der Waals surface area contributed by atoms with Crippen molar-refractivity contribution in [3.05, 3.63) is 29.0 Å². The number of ether oxygens (including phenoxy) is 3. The van der Waals surface area contributed by atoms with E-state index in [4.69, 9.17) is 21.1 Å². The standard InChI is InChI=1S/C24H30ClF3N2O6/c1-22(27,28)36-16-8-15(9-16)35-12-20(32)29-23-4-6-24(7-5-23,19(31)11-23)30-21(33)13-34-14-2-3-17(25)18(26)10-14/h2-3,10,15-16,19,31H,4-9,11-13H2,1H3,(H,29,32)(H,30,33)/t15?,16?,19-,23?,24?/m0/s1. The maximum Gasteiger partial charge on any atom is 0.353 e. The van der Waals surface area contributed by atoms with E-state index >= 15 is 0 Å². The van der Waals surface area contributed by atoms with Crippen LogP contribution in [0.25, 0.3) is 0 Å². The lowest BCUT2D eigenvalue weighted by molar-refractivity contribution is -0.275. The van der Waals surface area contributed by atoms with E-state index in [2.05, 4.69) is 15.4 Å². The van der Waals surface area contributed by atoms with Crippen LogP contribution in [-0.2, 0) is 19.1 Å². The predicted molar refractivity (Wildman–Crippen MR) is 122 cm³/mol. The first-order chi connectivity index (χ1) is 16.9. The van der Waals surface area contributed by atoms with Crippen LogP contribution in [0.4, 0.5) is 13.2 Å². The van der Waals surface area contributed by atoms with Crippen molar-refractivity contribution in [2.75, 3.05) is 13.2 Å². The van der Waals surface area contributed by atoms with Crippen molar-refractivity contribution in [3.63, 3.8) is 0 Å².